The summed E-state index contributed by atoms with van der Waals surface area (Å²) in [6, 6.07) is 6.84. The van der Waals surface area contributed by atoms with Crippen LogP contribution in [0.15, 0.2) is 50.8 Å². The number of benzene rings is 1. The number of hydrogen-bond acceptors (Lipinski definition) is 5. The number of sulfonamides is 1. The molecule has 0 spiro atoms. The summed E-state index contributed by atoms with van der Waals surface area (Å²) >= 11 is 0. The highest BCUT2D eigenvalue weighted by Gasteiger charge is 2.30. The number of rotatable bonds is 3. The monoisotopic (exact) mass is 399 g/mol. The molecule has 0 atom stereocenters. The fourth-order valence-electron chi connectivity index (χ4n) is 3.48. The maximum atomic E-state index is 13.4. The highest BCUT2D eigenvalue weighted by molar-refractivity contribution is 7.89. The normalized spacial score (nSPS) is 14.8. The van der Waals surface area contributed by atoms with Gasteiger partial charge in [0, 0.05) is 44.9 Å². The predicted molar refractivity (Wildman–Crippen MR) is 104 cm³/mol. The zero-order valence-corrected chi connectivity index (χ0v) is 16.8. The van der Waals surface area contributed by atoms with Crippen molar-refractivity contribution in [3.63, 3.8) is 0 Å². The van der Waals surface area contributed by atoms with E-state index in [0.717, 1.165) is 11.1 Å². The minimum Gasteiger partial charge on any atom is -0.441 e. The van der Waals surface area contributed by atoms with Gasteiger partial charge in [-0.15, -0.1) is 0 Å². The first-order chi connectivity index (χ1) is 13.3. The molecule has 0 amide bonds. The minimum atomic E-state index is -3.70. The molecule has 1 aliphatic rings. The highest BCUT2D eigenvalue weighted by Crippen LogP contribution is 2.30. The van der Waals surface area contributed by atoms with E-state index >= 15 is 0 Å². The SMILES string of the molecule is Cc1ncc(-c2ccc(C)c(S(=O)(=O)N3CCc4cc(=O)n(C)cc4C3)c2)o1. The van der Waals surface area contributed by atoms with Crippen LogP contribution in [-0.4, -0.2) is 28.8 Å². The first-order valence-electron chi connectivity index (χ1n) is 8.98. The van der Waals surface area contributed by atoms with Crippen LogP contribution in [0.4, 0.5) is 0 Å². The van der Waals surface area contributed by atoms with Gasteiger partial charge in [-0.2, -0.15) is 4.31 Å². The molecule has 8 heteroatoms. The van der Waals surface area contributed by atoms with Crippen LogP contribution in [0.1, 0.15) is 22.6 Å². The molecule has 3 aromatic rings. The Morgan fingerprint density at radius 1 is 1.14 bits per heavy atom. The van der Waals surface area contributed by atoms with Crippen LogP contribution in [0.3, 0.4) is 0 Å². The third-order valence-corrected chi connectivity index (χ3v) is 7.08. The molecule has 1 aliphatic heterocycles. The second-order valence-corrected chi connectivity index (χ2v) is 8.99. The van der Waals surface area contributed by atoms with E-state index in [0.29, 0.717) is 35.7 Å². The van der Waals surface area contributed by atoms with Crippen molar-refractivity contribution in [2.45, 2.75) is 31.7 Å². The summed E-state index contributed by atoms with van der Waals surface area (Å²) in [5.74, 6) is 1.06. The summed E-state index contributed by atoms with van der Waals surface area (Å²) in [5, 5.41) is 0. The first kappa shape index (κ1) is 18.6. The van der Waals surface area contributed by atoms with Crippen LogP contribution >= 0.6 is 0 Å². The van der Waals surface area contributed by atoms with Crippen LogP contribution in [0.2, 0.25) is 0 Å². The largest absolute Gasteiger partial charge is 0.441 e. The van der Waals surface area contributed by atoms with Gasteiger partial charge >= 0.3 is 0 Å². The molecule has 0 saturated heterocycles. The molecular formula is C20H21N3O4S. The van der Waals surface area contributed by atoms with Gasteiger partial charge in [-0.3, -0.25) is 4.79 Å². The van der Waals surface area contributed by atoms with Gasteiger partial charge in [0.15, 0.2) is 11.7 Å². The third-order valence-electron chi connectivity index (χ3n) is 5.10. The van der Waals surface area contributed by atoms with Crippen LogP contribution in [0, 0.1) is 13.8 Å². The van der Waals surface area contributed by atoms with Crippen molar-refractivity contribution in [1.82, 2.24) is 13.9 Å². The Balaban J connectivity index is 1.72. The van der Waals surface area contributed by atoms with Gasteiger partial charge in [0.05, 0.1) is 11.1 Å². The van der Waals surface area contributed by atoms with E-state index in [1.807, 2.05) is 6.07 Å². The molecule has 0 radical (unpaired) electrons. The van der Waals surface area contributed by atoms with Crippen molar-refractivity contribution in [3.8, 4) is 11.3 Å². The fraction of sp³-hybridized carbons (Fsp3) is 0.300. The fourth-order valence-corrected chi connectivity index (χ4v) is 5.15. The number of pyridine rings is 1. The molecule has 1 aromatic carbocycles. The lowest BCUT2D eigenvalue weighted by atomic mass is 10.0. The van der Waals surface area contributed by atoms with Crippen LogP contribution in [-0.2, 0) is 30.0 Å². The maximum Gasteiger partial charge on any atom is 0.250 e. The van der Waals surface area contributed by atoms with Crippen molar-refractivity contribution in [2.24, 2.45) is 7.05 Å². The molecule has 0 bridgehead atoms. The molecule has 4 rings (SSSR count). The number of nitrogens with zero attached hydrogens (tertiary/aromatic N) is 3. The lowest BCUT2D eigenvalue weighted by Crippen LogP contribution is -2.37. The maximum absolute atomic E-state index is 13.4. The Bertz CT molecular complexity index is 1220. The topological polar surface area (TPSA) is 85.4 Å². The standard InChI is InChI=1S/C20H21N3O4S/c1-13-4-5-16(18-10-21-14(2)27-18)8-19(13)28(25,26)23-7-6-15-9-20(24)22(3)11-17(15)12-23/h4-5,8-11H,6-7,12H2,1-3H3. The lowest BCUT2D eigenvalue weighted by Gasteiger charge is -2.28. The van der Waals surface area contributed by atoms with Crippen molar-refractivity contribution in [1.29, 1.82) is 0 Å². The summed E-state index contributed by atoms with van der Waals surface area (Å²) in [5.41, 5.74) is 3.03. The highest BCUT2D eigenvalue weighted by atomic mass is 32.2. The molecule has 0 unspecified atom stereocenters. The average molecular weight is 399 g/mol. The summed E-state index contributed by atoms with van der Waals surface area (Å²) in [6.45, 7) is 4.11. The molecule has 2 aromatic heterocycles. The molecule has 28 heavy (non-hydrogen) atoms. The second-order valence-electron chi connectivity index (χ2n) is 7.09. The van der Waals surface area contributed by atoms with Crippen LogP contribution in [0.5, 0.6) is 0 Å². The van der Waals surface area contributed by atoms with E-state index in [4.69, 9.17) is 4.42 Å². The van der Waals surface area contributed by atoms with Gasteiger partial charge in [-0.25, -0.2) is 13.4 Å². The van der Waals surface area contributed by atoms with Gasteiger partial charge in [0.25, 0.3) is 5.56 Å². The van der Waals surface area contributed by atoms with E-state index < -0.39 is 10.0 Å². The zero-order valence-electron chi connectivity index (χ0n) is 16.0. The van der Waals surface area contributed by atoms with Gasteiger partial charge < -0.3 is 8.98 Å². The Morgan fingerprint density at radius 3 is 2.64 bits per heavy atom. The van der Waals surface area contributed by atoms with Crippen molar-refractivity contribution in [2.75, 3.05) is 6.54 Å². The molecule has 0 N–H and O–H groups in total. The number of aryl methyl sites for hydroxylation is 3. The number of hydrogen-bond donors (Lipinski definition) is 0. The minimum absolute atomic E-state index is 0.0825. The third kappa shape index (κ3) is 3.18. The number of fused-ring (bicyclic) bond motifs is 1. The Labute approximate surface area is 163 Å². The quantitative estimate of drug-likeness (QED) is 0.675. The summed E-state index contributed by atoms with van der Waals surface area (Å²) in [7, 11) is -2.03. The van der Waals surface area contributed by atoms with E-state index in [2.05, 4.69) is 4.98 Å². The molecular weight excluding hydrogens is 378 g/mol. The van der Waals surface area contributed by atoms with E-state index in [1.54, 1.807) is 51.5 Å². The average Bonchev–Trinajstić information content (AvgIpc) is 3.09. The summed E-state index contributed by atoms with van der Waals surface area (Å²) < 4.78 is 35.2. The van der Waals surface area contributed by atoms with Gasteiger partial charge in [0.1, 0.15) is 0 Å². The van der Waals surface area contributed by atoms with E-state index in [-0.39, 0.29) is 17.0 Å². The molecule has 0 saturated carbocycles. The number of oxazole rings is 1. The van der Waals surface area contributed by atoms with Crippen LogP contribution in [0.25, 0.3) is 11.3 Å². The summed E-state index contributed by atoms with van der Waals surface area (Å²) in [6.07, 6.45) is 3.83. The smallest absolute Gasteiger partial charge is 0.250 e. The zero-order chi connectivity index (χ0) is 20.1. The van der Waals surface area contributed by atoms with Crippen molar-refractivity contribution in [3.05, 3.63) is 69.6 Å². The molecule has 3 heterocycles. The van der Waals surface area contributed by atoms with Crippen molar-refractivity contribution >= 4 is 10.0 Å². The van der Waals surface area contributed by atoms with Gasteiger partial charge in [0.2, 0.25) is 10.0 Å². The Kier molecular flexibility index (Phi) is 4.47. The van der Waals surface area contributed by atoms with Crippen molar-refractivity contribution < 1.29 is 12.8 Å². The van der Waals surface area contributed by atoms with Gasteiger partial charge in [-0.05, 0) is 36.1 Å². The van der Waals surface area contributed by atoms with E-state index in [1.165, 1.54) is 8.87 Å². The number of aromatic nitrogens is 2. The van der Waals surface area contributed by atoms with Crippen LogP contribution < -0.4 is 5.56 Å². The molecule has 0 aliphatic carbocycles. The Morgan fingerprint density at radius 2 is 1.93 bits per heavy atom. The lowest BCUT2D eigenvalue weighted by molar-refractivity contribution is 0.389. The van der Waals surface area contributed by atoms with E-state index in [9.17, 15) is 13.2 Å². The predicted octanol–water partition coefficient (Wildman–Crippen LogP) is 2.40. The molecule has 0 fully saturated rings. The molecule has 7 nitrogen and oxygen atoms in total. The second kappa shape index (κ2) is 6.72. The Hall–Kier alpha value is -2.71. The molecule has 146 valence electrons. The first-order valence-corrected chi connectivity index (χ1v) is 10.4. The summed E-state index contributed by atoms with van der Waals surface area (Å²) in [4.78, 5) is 16.2. The van der Waals surface area contributed by atoms with Gasteiger partial charge in [-0.1, -0.05) is 12.1 Å².